The average Bonchev–Trinajstić information content (AvgIpc) is 3.62. The number of aliphatic imine (C=N–C) groups is 2. The lowest BCUT2D eigenvalue weighted by atomic mass is 9.99. The van der Waals surface area contributed by atoms with Crippen molar-refractivity contribution in [2.45, 2.75) is 56.1 Å². The molecule has 1 aliphatic rings. The van der Waals surface area contributed by atoms with Crippen molar-refractivity contribution < 1.29 is 70.1 Å². The van der Waals surface area contributed by atoms with Crippen LogP contribution in [0.5, 0.6) is 0 Å². The van der Waals surface area contributed by atoms with Crippen LogP contribution in [0, 0.1) is 10.4 Å². The molecule has 2 aromatic heterocycles. The van der Waals surface area contributed by atoms with Crippen LogP contribution in [0.3, 0.4) is 0 Å². The summed E-state index contributed by atoms with van der Waals surface area (Å²) in [5, 5.41) is 88.4. The second kappa shape index (κ2) is 15.8. The largest absolute Gasteiger partial charge is 0.593 e. The third kappa shape index (κ3) is 9.25. The number of nitrogens with one attached hydrogen (secondary N) is 2. The van der Waals surface area contributed by atoms with E-state index >= 15 is 0 Å². The van der Waals surface area contributed by atoms with Gasteiger partial charge in [0.2, 0.25) is 0 Å². The summed E-state index contributed by atoms with van der Waals surface area (Å²) in [5.74, 6) is -0.858. The number of rotatable bonds is 14. The van der Waals surface area contributed by atoms with Crippen LogP contribution in [0.4, 0.5) is 20.3 Å². The molecule has 10 atom stereocenters. The van der Waals surface area contributed by atoms with Gasteiger partial charge in [0.15, 0.2) is 18.7 Å². The highest BCUT2D eigenvalue weighted by molar-refractivity contribution is 7.18. The standard InChI is InChI=1S/C20H28N6O14S2/c1-8(29)37-17-15(31)11(7-28)40-18(16(17)32)39-9(2-21-12-3-23-19(41-12)25(33)34)10(6-27)38-14(30)5-22-13-4-24-20(42-13)26(35)36/h2-5,9-11,14-18,25-28,30-33,35H,6-7H2,1H3/t9-,10+,11-,14-,15+,16+,17+,18-/m0/s1. The number of thiazole rings is 2. The number of hydrogen-bond donors (Lipinski definition) is 9. The molecule has 9 N–H and O–H groups in total. The summed E-state index contributed by atoms with van der Waals surface area (Å²) in [6.45, 7) is -0.572. The van der Waals surface area contributed by atoms with Gasteiger partial charge in [-0.2, -0.15) is 20.4 Å². The van der Waals surface area contributed by atoms with Crippen molar-refractivity contribution in [3.05, 3.63) is 22.8 Å². The van der Waals surface area contributed by atoms with Gasteiger partial charge in [0.25, 0.3) is 0 Å². The van der Waals surface area contributed by atoms with Crippen molar-refractivity contribution >= 4 is 61.3 Å². The van der Waals surface area contributed by atoms with Gasteiger partial charge in [-0.15, -0.1) is 0 Å². The van der Waals surface area contributed by atoms with Crippen LogP contribution >= 0.6 is 22.7 Å². The molecule has 3 heterocycles. The number of hydrogen-bond acceptors (Lipinski definition) is 20. The molecule has 20 nitrogen and oxygen atoms in total. The minimum Gasteiger partial charge on any atom is -0.593 e. The minimum atomic E-state index is -1.81. The van der Waals surface area contributed by atoms with E-state index in [1.54, 1.807) is 0 Å². The van der Waals surface area contributed by atoms with Crippen LogP contribution < -0.4 is 10.5 Å². The highest BCUT2D eigenvalue weighted by Gasteiger charge is 2.48. The van der Waals surface area contributed by atoms with E-state index in [0.29, 0.717) is 22.7 Å². The molecule has 0 aromatic carbocycles. The molecule has 1 fully saturated rings. The molecule has 0 spiro atoms. The molecule has 42 heavy (non-hydrogen) atoms. The zero-order chi connectivity index (χ0) is 31.0. The molecule has 0 saturated carbocycles. The Balaban J connectivity index is 1.84. The maximum Gasteiger partial charge on any atom is 0.319 e. The van der Waals surface area contributed by atoms with Crippen LogP contribution in [-0.2, 0) is 23.7 Å². The Hall–Kier alpha value is -2.49. The van der Waals surface area contributed by atoms with E-state index in [0.717, 1.165) is 31.7 Å². The van der Waals surface area contributed by atoms with Crippen molar-refractivity contribution in [1.82, 2.24) is 9.97 Å². The number of carbonyl (C=O) groups is 1. The normalized spacial score (nSPS) is 26.8. The van der Waals surface area contributed by atoms with Crippen molar-refractivity contribution in [2.75, 3.05) is 13.2 Å². The number of quaternary nitrogens is 2. The number of ether oxygens (including phenoxy) is 4. The molecule has 0 radical (unpaired) electrons. The van der Waals surface area contributed by atoms with E-state index in [4.69, 9.17) is 29.4 Å². The Bertz CT molecular complexity index is 1200. The fourth-order valence-electron chi connectivity index (χ4n) is 3.44. The van der Waals surface area contributed by atoms with Gasteiger partial charge in [-0.3, -0.25) is 4.79 Å². The highest BCUT2D eigenvalue weighted by Crippen LogP contribution is 2.28. The predicted molar refractivity (Wildman–Crippen MR) is 138 cm³/mol. The molecule has 3 rings (SSSR count). The van der Waals surface area contributed by atoms with Crippen molar-refractivity contribution in [2.24, 2.45) is 9.98 Å². The summed E-state index contributed by atoms with van der Waals surface area (Å²) in [7, 11) is 0. The van der Waals surface area contributed by atoms with Gasteiger partial charge in [-0.1, -0.05) is 0 Å². The molecule has 2 unspecified atom stereocenters. The maximum atomic E-state index is 11.5. The van der Waals surface area contributed by atoms with E-state index in [2.05, 4.69) is 20.0 Å². The first kappa shape index (κ1) is 34.0. The van der Waals surface area contributed by atoms with Gasteiger partial charge < -0.3 is 54.9 Å². The van der Waals surface area contributed by atoms with Crippen molar-refractivity contribution in [3.63, 3.8) is 0 Å². The third-order valence-electron chi connectivity index (χ3n) is 5.31. The number of carbonyl (C=O) groups excluding carboxylic acids is 1. The van der Waals surface area contributed by atoms with E-state index < -0.39 is 78.8 Å². The molecule has 2 aromatic rings. The Morgan fingerprint density at radius 1 is 1.10 bits per heavy atom. The van der Waals surface area contributed by atoms with E-state index in [-0.39, 0.29) is 20.3 Å². The van der Waals surface area contributed by atoms with Crippen LogP contribution in [0.15, 0.2) is 22.4 Å². The summed E-state index contributed by atoms with van der Waals surface area (Å²) in [6.07, 6.45) is -8.70. The first-order chi connectivity index (χ1) is 19.9. The summed E-state index contributed by atoms with van der Waals surface area (Å²) in [4.78, 5) is 26.8. The molecule has 0 aliphatic carbocycles. The summed E-state index contributed by atoms with van der Waals surface area (Å²) in [6, 6.07) is 0. The van der Waals surface area contributed by atoms with Gasteiger partial charge >= 0.3 is 16.2 Å². The fourth-order valence-corrected chi connectivity index (χ4v) is 4.66. The van der Waals surface area contributed by atoms with Gasteiger partial charge in [0, 0.05) is 13.1 Å². The molecular weight excluding hydrogens is 612 g/mol. The van der Waals surface area contributed by atoms with Gasteiger partial charge in [-0.25, -0.2) is 20.4 Å². The lowest BCUT2D eigenvalue weighted by Gasteiger charge is -2.42. The third-order valence-corrected chi connectivity index (χ3v) is 7.09. The number of aromatic nitrogens is 2. The first-order valence-electron chi connectivity index (χ1n) is 11.8. The predicted octanol–water partition coefficient (Wildman–Crippen LogP) is -4.04. The van der Waals surface area contributed by atoms with Crippen LogP contribution in [0.25, 0.3) is 0 Å². The van der Waals surface area contributed by atoms with Crippen LogP contribution in [0.1, 0.15) is 6.92 Å². The Morgan fingerprint density at radius 2 is 1.67 bits per heavy atom. The zero-order valence-electron chi connectivity index (χ0n) is 21.4. The van der Waals surface area contributed by atoms with Crippen LogP contribution in [0.2, 0.25) is 0 Å². The molecule has 22 heteroatoms. The SMILES string of the molecule is CC(=O)O[C@H]1[C@@H](O)[C@@H](O[C@@H](C=Nc2cnc([NH+]([O-])O)s2)[C@@H](CO)O[C@H](O)C=Nc2cnc([NH+]([O-])O)s2)O[C@@H](CO)[C@H]1O. The summed E-state index contributed by atoms with van der Waals surface area (Å²) < 4.78 is 21.5. The van der Waals surface area contributed by atoms with Gasteiger partial charge in [-0.05, 0) is 22.7 Å². The van der Waals surface area contributed by atoms with E-state index in [1.807, 2.05) is 0 Å². The lowest BCUT2D eigenvalue weighted by molar-refractivity contribution is -0.991. The number of nitrogens with zero attached hydrogens (tertiary/aromatic N) is 4. The maximum absolute atomic E-state index is 11.5. The highest BCUT2D eigenvalue weighted by atomic mass is 32.1. The smallest absolute Gasteiger partial charge is 0.319 e. The lowest BCUT2D eigenvalue weighted by Crippen LogP contribution is -2.99. The second-order valence-corrected chi connectivity index (χ2v) is 10.3. The number of esters is 1. The quantitative estimate of drug-likeness (QED) is 0.0411. The molecule has 234 valence electrons. The van der Waals surface area contributed by atoms with Crippen molar-refractivity contribution in [3.8, 4) is 0 Å². The van der Waals surface area contributed by atoms with Crippen LogP contribution in [-0.4, -0.2) is 127 Å². The summed E-state index contributed by atoms with van der Waals surface area (Å²) >= 11 is 1.41. The number of aliphatic hydroxyl groups is 5. The Kier molecular flexibility index (Phi) is 12.8. The minimum absolute atomic E-state index is 0.0887. The first-order valence-corrected chi connectivity index (χ1v) is 13.4. The Morgan fingerprint density at radius 3 is 2.14 bits per heavy atom. The van der Waals surface area contributed by atoms with Gasteiger partial charge in [0.05, 0.1) is 31.8 Å². The van der Waals surface area contributed by atoms with Gasteiger partial charge in [0.1, 0.15) is 40.5 Å². The molecule has 0 bridgehead atoms. The monoisotopic (exact) mass is 640 g/mol. The van der Waals surface area contributed by atoms with Crippen molar-refractivity contribution in [1.29, 1.82) is 0 Å². The average molecular weight is 641 g/mol. The second-order valence-electron chi connectivity index (χ2n) is 8.30. The van der Waals surface area contributed by atoms with E-state index in [1.165, 1.54) is 0 Å². The fraction of sp³-hybridized carbons (Fsp3) is 0.550. The molecule has 1 saturated heterocycles. The number of aliphatic hydroxyl groups excluding tert-OH is 5. The Labute approximate surface area is 243 Å². The van der Waals surface area contributed by atoms with E-state index in [9.17, 15) is 40.7 Å². The molecule has 0 amide bonds. The zero-order valence-corrected chi connectivity index (χ0v) is 23.1. The molecule has 1 aliphatic heterocycles. The molecular formula is C20H28N6O14S2. The topological polar surface area (TPSA) is 301 Å². The summed E-state index contributed by atoms with van der Waals surface area (Å²) in [5.41, 5.74) is 0.